The van der Waals surface area contributed by atoms with E-state index in [0.717, 1.165) is 5.56 Å². The molecule has 1 N–H and O–H groups in total. The van der Waals surface area contributed by atoms with Crippen molar-refractivity contribution >= 4 is 11.9 Å². The maximum absolute atomic E-state index is 11.2. The summed E-state index contributed by atoms with van der Waals surface area (Å²) < 4.78 is 0. The molecule has 1 saturated heterocycles. The van der Waals surface area contributed by atoms with Gasteiger partial charge in [-0.15, -0.1) is 0 Å². The van der Waals surface area contributed by atoms with E-state index < -0.39 is 11.4 Å². The van der Waals surface area contributed by atoms with Gasteiger partial charge in [0.15, 0.2) is 0 Å². The van der Waals surface area contributed by atoms with E-state index in [4.69, 9.17) is 5.11 Å². The van der Waals surface area contributed by atoms with E-state index in [1.54, 1.807) is 4.90 Å². The van der Waals surface area contributed by atoms with E-state index in [0.29, 0.717) is 13.1 Å². The van der Waals surface area contributed by atoms with Gasteiger partial charge in [0.1, 0.15) is 0 Å². The Morgan fingerprint density at radius 2 is 1.88 bits per heavy atom. The van der Waals surface area contributed by atoms with Crippen LogP contribution in [-0.2, 0) is 15.0 Å². The minimum Gasteiger partial charge on any atom is -0.481 e. The minimum atomic E-state index is -0.822. The number of amides is 1. The average molecular weight is 233 g/mol. The Labute approximate surface area is 99.9 Å². The zero-order chi connectivity index (χ0) is 12.5. The molecule has 1 aliphatic rings. The highest BCUT2D eigenvalue weighted by atomic mass is 16.4. The maximum Gasteiger partial charge on any atom is 0.304 e. The highest BCUT2D eigenvalue weighted by molar-refractivity contribution is 5.76. The van der Waals surface area contributed by atoms with Gasteiger partial charge < -0.3 is 10.0 Å². The van der Waals surface area contributed by atoms with E-state index in [2.05, 4.69) is 0 Å². The van der Waals surface area contributed by atoms with Crippen LogP contribution in [0.2, 0.25) is 0 Å². The molecule has 0 atom stereocenters. The summed E-state index contributed by atoms with van der Waals surface area (Å²) in [4.78, 5) is 23.8. The Balaban J connectivity index is 2.22. The van der Waals surface area contributed by atoms with Crippen LogP contribution in [0.15, 0.2) is 30.3 Å². The van der Waals surface area contributed by atoms with Crippen molar-refractivity contribution in [3.05, 3.63) is 35.9 Å². The summed E-state index contributed by atoms with van der Waals surface area (Å²) in [5, 5.41) is 9.00. The molecule has 0 unspecified atom stereocenters. The number of benzene rings is 1. The third-order valence-electron chi connectivity index (χ3n) is 3.31. The lowest BCUT2D eigenvalue weighted by Crippen LogP contribution is -2.61. The van der Waals surface area contributed by atoms with Crippen LogP contribution in [0.1, 0.15) is 18.9 Å². The Kier molecular flexibility index (Phi) is 2.88. The number of hydrogen-bond donors (Lipinski definition) is 1. The molecule has 0 aromatic heterocycles. The highest BCUT2D eigenvalue weighted by Gasteiger charge is 2.46. The lowest BCUT2D eigenvalue weighted by Gasteiger charge is -2.49. The number of likely N-dealkylation sites (tertiary alicyclic amines) is 1. The van der Waals surface area contributed by atoms with Gasteiger partial charge >= 0.3 is 5.97 Å². The smallest absolute Gasteiger partial charge is 0.304 e. The Morgan fingerprint density at radius 1 is 1.29 bits per heavy atom. The quantitative estimate of drug-likeness (QED) is 0.855. The predicted octanol–water partition coefficient (Wildman–Crippen LogP) is 1.26. The van der Waals surface area contributed by atoms with E-state index in [1.165, 1.54) is 6.92 Å². The number of hydrogen-bond acceptors (Lipinski definition) is 2. The van der Waals surface area contributed by atoms with Gasteiger partial charge in [0.25, 0.3) is 0 Å². The molecule has 1 aromatic carbocycles. The third-order valence-corrected chi connectivity index (χ3v) is 3.31. The largest absolute Gasteiger partial charge is 0.481 e. The molecule has 4 nitrogen and oxygen atoms in total. The number of aliphatic carboxylic acids is 1. The molecule has 2 rings (SSSR count). The minimum absolute atomic E-state index is 0.00180. The van der Waals surface area contributed by atoms with Crippen LogP contribution >= 0.6 is 0 Å². The van der Waals surface area contributed by atoms with Crippen LogP contribution in [0.4, 0.5) is 0 Å². The number of carboxylic acids is 1. The normalized spacial score (nSPS) is 17.4. The molecular weight excluding hydrogens is 218 g/mol. The topological polar surface area (TPSA) is 57.6 Å². The lowest BCUT2D eigenvalue weighted by molar-refractivity contribution is -0.146. The summed E-state index contributed by atoms with van der Waals surface area (Å²) in [6.07, 6.45) is 0.0702. The number of carbonyl (C=O) groups excluding carboxylic acids is 1. The monoisotopic (exact) mass is 233 g/mol. The van der Waals surface area contributed by atoms with Crippen molar-refractivity contribution in [2.24, 2.45) is 0 Å². The van der Waals surface area contributed by atoms with Crippen molar-refractivity contribution in [1.82, 2.24) is 4.90 Å². The van der Waals surface area contributed by atoms with Gasteiger partial charge in [-0.05, 0) is 5.56 Å². The second-order valence-electron chi connectivity index (χ2n) is 4.59. The molecule has 0 spiro atoms. The molecule has 4 heteroatoms. The molecule has 1 amide bonds. The van der Waals surface area contributed by atoms with Crippen molar-refractivity contribution in [2.75, 3.05) is 13.1 Å². The van der Waals surface area contributed by atoms with Gasteiger partial charge in [-0.3, -0.25) is 9.59 Å². The van der Waals surface area contributed by atoms with Crippen molar-refractivity contribution < 1.29 is 14.7 Å². The fourth-order valence-corrected chi connectivity index (χ4v) is 2.38. The summed E-state index contributed by atoms with van der Waals surface area (Å²) in [6.45, 7) is 2.51. The fourth-order valence-electron chi connectivity index (χ4n) is 2.38. The molecule has 17 heavy (non-hydrogen) atoms. The van der Waals surface area contributed by atoms with Gasteiger partial charge in [0.2, 0.25) is 5.91 Å². The number of carbonyl (C=O) groups is 2. The molecule has 0 bridgehead atoms. The van der Waals surface area contributed by atoms with Crippen LogP contribution in [-0.4, -0.2) is 35.0 Å². The zero-order valence-corrected chi connectivity index (χ0v) is 9.72. The molecule has 1 fully saturated rings. The van der Waals surface area contributed by atoms with Gasteiger partial charge in [0, 0.05) is 25.4 Å². The van der Waals surface area contributed by atoms with Crippen LogP contribution in [0.3, 0.4) is 0 Å². The number of carboxylic acid groups (broad SMARTS) is 1. The van der Waals surface area contributed by atoms with Crippen LogP contribution in [0, 0.1) is 0 Å². The van der Waals surface area contributed by atoms with Gasteiger partial charge in [0.05, 0.1) is 6.42 Å². The molecule has 90 valence electrons. The molecule has 1 heterocycles. The van der Waals surface area contributed by atoms with E-state index in [-0.39, 0.29) is 12.3 Å². The van der Waals surface area contributed by atoms with Crippen molar-refractivity contribution in [3.63, 3.8) is 0 Å². The van der Waals surface area contributed by atoms with Crippen LogP contribution < -0.4 is 0 Å². The first-order valence-electron chi connectivity index (χ1n) is 5.56. The first-order valence-corrected chi connectivity index (χ1v) is 5.56. The highest BCUT2D eigenvalue weighted by Crippen LogP contribution is 2.37. The summed E-state index contributed by atoms with van der Waals surface area (Å²) in [7, 11) is 0. The molecule has 0 aliphatic carbocycles. The fraction of sp³-hybridized carbons (Fsp3) is 0.385. The van der Waals surface area contributed by atoms with Gasteiger partial charge in [-0.1, -0.05) is 30.3 Å². The van der Waals surface area contributed by atoms with Crippen molar-refractivity contribution in [1.29, 1.82) is 0 Å². The molecule has 1 aromatic rings. The second-order valence-corrected chi connectivity index (χ2v) is 4.59. The van der Waals surface area contributed by atoms with E-state index in [9.17, 15) is 9.59 Å². The molecular formula is C13H15NO3. The summed E-state index contributed by atoms with van der Waals surface area (Å²) in [5.74, 6) is -0.820. The van der Waals surface area contributed by atoms with Crippen LogP contribution in [0.25, 0.3) is 0 Å². The summed E-state index contributed by atoms with van der Waals surface area (Å²) >= 11 is 0. The van der Waals surface area contributed by atoms with Gasteiger partial charge in [-0.2, -0.15) is 0 Å². The number of nitrogens with zero attached hydrogens (tertiary/aromatic N) is 1. The van der Waals surface area contributed by atoms with E-state index >= 15 is 0 Å². The molecule has 0 saturated carbocycles. The number of rotatable bonds is 3. The predicted molar refractivity (Wildman–Crippen MR) is 62.6 cm³/mol. The molecule has 0 radical (unpaired) electrons. The summed E-state index contributed by atoms with van der Waals surface area (Å²) in [5.41, 5.74) is 0.596. The Morgan fingerprint density at radius 3 is 2.35 bits per heavy atom. The first kappa shape index (κ1) is 11.6. The average Bonchev–Trinajstić information content (AvgIpc) is 2.23. The first-order chi connectivity index (χ1) is 8.03. The summed E-state index contributed by atoms with van der Waals surface area (Å²) in [6, 6.07) is 9.56. The lowest BCUT2D eigenvalue weighted by atomic mass is 9.71. The Bertz CT molecular complexity index is 435. The van der Waals surface area contributed by atoms with Gasteiger partial charge in [-0.25, -0.2) is 0 Å². The SMILES string of the molecule is CC(=O)N1CC(CC(=O)O)(c2ccccc2)C1. The van der Waals surface area contributed by atoms with Crippen molar-refractivity contribution in [3.8, 4) is 0 Å². The van der Waals surface area contributed by atoms with E-state index in [1.807, 2.05) is 30.3 Å². The standard InChI is InChI=1S/C13H15NO3/c1-10(15)14-8-13(9-14,7-12(16)17)11-5-3-2-4-6-11/h2-6H,7-9H2,1H3,(H,16,17). The van der Waals surface area contributed by atoms with Crippen molar-refractivity contribution in [2.45, 2.75) is 18.8 Å². The molecule has 1 aliphatic heterocycles. The second kappa shape index (κ2) is 4.20. The van der Waals surface area contributed by atoms with Crippen LogP contribution in [0.5, 0.6) is 0 Å². The Hall–Kier alpha value is -1.84. The third kappa shape index (κ3) is 2.16. The maximum atomic E-state index is 11.2. The zero-order valence-electron chi connectivity index (χ0n) is 9.72.